The maximum Gasteiger partial charge on any atom is 0.173 e. The Hall–Kier alpha value is -1.88. The maximum absolute atomic E-state index is 14.1. The van der Waals surface area contributed by atoms with Crippen LogP contribution < -0.4 is 31.8 Å². The first-order chi connectivity index (χ1) is 10.7. The van der Waals surface area contributed by atoms with E-state index in [-0.39, 0.29) is 0 Å². The zero-order valence-electron chi connectivity index (χ0n) is 11.6. The molecule has 0 amide bonds. The molecule has 0 aromatic heterocycles. The first-order valence-corrected chi connectivity index (χ1v) is 10.6. The first kappa shape index (κ1) is 12.6. The molecule has 0 unspecified atom stereocenters. The van der Waals surface area contributed by atoms with Crippen molar-refractivity contribution in [3.63, 3.8) is 0 Å². The monoisotopic (exact) mass is 322 g/mol. The predicted molar refractivity (Wildman–Crippen MR) is 92.3 cm³/mol. The second-order valence-electron chi connectivity index (χ2n) is 5.68. The fourth-order valence-electron chi connectivity index (χ4n) is 3.77. The van der Waals surface area contributed by atoms with Crippen LogP contribution in [0.15, 0.2) is 72.8 Å². The molecular weight excluding hydrogens is 310 g/mol. The van der Waals surface area contributed by atoms with Gasteiger partial charge in [0.05, 0.1) is 0 Å². The van der Waals surface area contributed by atoms with Crippen LogP contribution in [0.5, 0.6) is 0 Å². The minimum Gasteiger partial charge on any atom is -0.309 e. The van der Waals surface area contributed by atoms with Crippen molar-refractivity contribution in [1.29, 1.82) is 0 Å². The Bertz CT molecular complexity index is 837. The summed E-state index contributed by atoms with van der Waals surface area (Å²) < 4.78 is 28.3. The molecule has 2 bridgehead atoms. The molecule has 3 aliphatic heterocycles. The highest BCUT2D eigenvalue weighted by Gasteiger charge is 2.54. The summed E-state index contributed by atoms with van der Waals surface area (Å²) in [6, 6.07) is 22.6. The summed E-state index contributed by atoms with van der Waals surface area (Å²) in [4.78, 5) is 0. The first-order valence-electron chi connectivity index (χ1n) is 7.19. The van der Waals surface area contributed by atoms with Crippen molar-refractivity contribution in [1.82, 2.24) is 0 Å². The van der Waals surface area contributed by atoms with E-state index in [0.717, 1.165) is 31.8 Å². The molecule has 0 spiro atoms. The van der Waals surface area contributed by atoms with E-state index in [9.17, 15) is 9.13 Å². The van der Waals surface area contributed by atoms with Gasteiger partial charge in [0.1, 0.15) is 0 Å². The summed E-state index contributed by atoms with van der Waals surface area (Å²) in [6.45, 7) is 0. The van der Waals surface area contributed by atoms with E-state index in [2.05, 4.69) is 0 Å². The van der Waals surface area contributed by atoms with Crippen LogP contribution in [0.3, 0.4) is 0 Å². The molecule has 3 aromatic carbocycles. The van der Waals surface area contributed by atoms with Gasteiger partial charge in [0.25, 0.3) is 0 Å². The van der Waals surface area contributed by atoms with E-state index in [0.29, 0.717) is 0 Å². The Balaban J connectivity index is 2.11. The topological polar surface area (TPSA) is 34.1 Å². The third kappa shape index (κ3) is 1.18. The van der Waals surface area contributed by atoms with Crippen molar-refractivity contribution in [2.45, 2.75) is 0 Å². The molecule has 3 aliphatic rings. The van der Waals surface area contributed by atoms with Crippen LogP contribution >= 0.6 is 14.3 Å². The fraction of sp³-hybridized carbons (Fsp3) is 0. The average molecular weight is 322 g/mol. The highest BCUT2D eigenvalue weighted by molar-refractivity contribution is 8.00. The van der Waals surface area contributed by atoms with Gasteiger partial charge in [-0.2, -0.15) is 0 Å². The van der Waals surface area contributed by atoms with E-state index in [4.69, 9.17) is 0 Å². The zero-order chi connectivity index (χ0) is 14.9. The summed E-state index contributed by atoms with van der Waals surface area (Å²) in [5.41, 5.74) is 0. The van der Waals surface area contributed by atoms with Crippen LogP contribution in [0.25, 0.3) is 0 Å². The Morgan fingerprint density at radius 2 is 0.591 bits per heavy atom. The molecule has 3 heterocycles. The van der Waals surface area contributed by atoms with Crippen molar-refractivity contribution in [2.24, 2.45) is 0 Å². The van der Waals surface area contributed by atoms with E-state index in [1.807, 2.05) is 72.8 Å². The Labute approximate surface area is 128 Å². The maximum atomic E-state index is 14.1. The van der Waals surface area contributed by atoms with Gasteiger partial charge in [-0.05, 0) is 0 Å². The summed E-state index contributed by atoms with van der Waals surface area (Å²) >= 11 is 0. The van der Waals surface area contributed by atoms with Gasteiger partial charge in [-0.15, -0.1) is 0 Å². The molecule has 0 saturated carbocycles. The van der Waals surface area contributed by atoms with E-state index in [1.165, 1.54) is 0 Å². The largest absolute Gasteiger partial charge is 0.309 e. The molecule has 106 valence electrons. The van der Waals surface area contributed by atoms with Crippen LogP contribution in [0, 0.1) is 0 Å². The molecule has 0 saturated heterocycles. The molecule has 0 atom stereocenters. The molecule has 3 aromatic rings. The average Bonchev–Trinajstić information content (AvgIpc) is 2.59. The van der Waals surface area contributed by atoms with Crippen molar-refractivity contribution < 1.29 is 9.13 Å². The van der Waals surface area contributed by atoms with E-state index in [1.54, 1.807) is 0 Å². The van der Waals surface area contributed by atoms with Gasteiger partial charge < -0.3 is 9.13 Å². The van der Waals surface area contributed by atoms with Crippen LogP contribution in [-0.2, 0) is 9.13 Å². The third-order valence-electron chi connectivity index (χ3n) is 4.68. The van der Waals surface area contributed by atoms with Crippen LogP contribution in [0.2, 0.25) is 0 Å². The normalized spacial score (nSPS) is 26.9. The van der Waals surface area contributed by atoms with Crippen LogP contribution in [-0.4, -0.2) is 0 Å². The highest BCUT2D eigenvalue weighted by atomic mass is 31.2. The Kier molecular flexibility index (Phi) is 2.24. The highest BCUT2D eigenvalue weighted by Crippen LogP contribution is 2.58. The minimum atomic E-state index is -2.91. The van der Waals surface area contributed by atoms with Gasteiger partial charge in [0, 0.05) is 31.8 Å². The predicted octanol–water partition coefficient (Wildman–Crippen LogP) is 1.59. The number of hydrogen-bond donors (Lipinski definition) is 0. The number of rotatable bonds is 0. The second-order valence-corrected chi connectivity index (χ2v) is 11.0. The summed E-state index contributed by atoms with van der Waals surface area (Å²) in [6.07, 6.45) is 0. The number of benzene rings is 3. The summed E-state index contributed by atoms with van der Waals surface area (Å²) in [5.74, 6) is 0. The van der Waals surface area contributed by atoms with Gasteiger partial charge in [0.15, 0.2) is 14.3 Å². The van der Waals surface area contributed by atoms with Crippen molar-refractivity contribution in [3.8, 4) is 0 Å². The standard InChI is InChI=1S/C18H12O2P2/c19-21-13-7-1-2-8-14(13)22(20,17-11-5-3-9-15(17)21)18-12-6-4-10-16(18)21/h1-12H. The quantitative estimate of drug-likeness (QED) is 0.406. The van der Waals surface area contributed by atoms with Crippen LogP contribution in [0.1, 0.15) is 0 Å². The molecule has 0 aliphatic carbocycles. The van der Waals surface area contributed by atoms with Crippen molar-refractivity contribution in [2.75, 3.05) is 0 Å². The lowest BCUT2D eigenvalue weighted by Crippen LogP contribution is -2.57. The van der Waals surface area contributed by atoms with Gasteiger partial charge in [-0.1, -0.05) is 72.8 Å². The molecule has 4 heteroatoms. The van der Waals surface area contributed by atoms with Crippen molar-refractivity contribution in [3.05, 3.63) is 72.8 Å². The molecule has 0 N–H and O–H groups in total. The molecular formula is C18H12O2P2. The van der Waals surface area contributed by atoms with Gasteiger partial charge in [-0.3, -0.25) is 0 Å². The third-order valence-corrected chi connectivity index (χ3v) is 11.6. The van der Waals surface area contributed by atoms with E-state index >= 15 is 0 Å². The molecule has 0 radical (unpaired) electrons. The fourth-order valence-corrected chi connectivity index (χ4v) is 12.0. The zero-order valence-corrected chi connectivity index (χ0v) is 13.4. The van der Waals surface area contributed by atoms with E-state index < -0.39 is 14.3 Å². The molecule has 22 heavy (non-hydrogen) atoms. The number of hydrogen-bond acceptors (Lipinski definition) is 2. The summed E-state index contributed by atoms with van der Waals surface area (Å²) in [5, 5.41) is 4.56. The lowest BCUT2D eigenvalue weighted by Gasteiger charge is -2.41. The van der Waals surface area contributed by atoms with Crippen molar-refractivity contribution >= 4 is 46.1 Å². The molecule has 6 rings (SSSR count). The Morgan fingerprint density at radius 3 is 0.773 bits per heavy atom. The SMILES string of the molecule is O=P12c3ccccc3P(=O)(c3ccccc31)c1ccccc12. The molecule has 2 nitrogen and oxygen atoms in total. The smallest absolute Gasteiger partial charge is 0.173 e. The Morgan fingerprint density at radius 1 is 0.409 bits per heavy atom. The van der Waals surface area contributed by atoms with Gasteiger partial charge in [-0.25, -0.2) is 0 Å². The van der Waals surface area contributed by atoms with Crippen LogP contribution in [0.4, 0.5) is 0 Å². The van der Waals surface area contributed by atoms with Gasteiger partial charge >= 0.3 is 0 Å². The lowest BCUT2D eigenvalue weighted by atomic mass is 10.3. The minimum absolute atomic E-state index is 0.760. The lowest BCUT2D eigenvalue weighted by molar-refractivity contribution is 0.587. The molecule has 0 fully saturated rings. The summed E-state index contributed by atoms with van der Waals surface area (Å²) in [7, 11) is -5.83. The second kappa shape index (κ2) is 3.90. The van der Waals surface area contributed by atoms with Gasteiger partial charge in [0.2, 0.25) is 0 Å².